The van der Waals surface area contributed by atoms with Gasteiger partial charge in [0.25, 0.3) is 0 Å². The number of carbonyl (C=O) groups is 1. The van der Waals surface area contributed by atoms with E-state index in [1.54, 1.807) is 21.5 Å². The summed E-state index contributed by atoms with van der Waals surface area (Å²) in [6.45, 7) is 8.65. The van der Waals surface area contributed by atoms with E-state index in [0.717, 1.165) is 53.0 Å². The minimum atomic E-state index is -0.244. The lowest BCUT2D eigenvalue weighted by molar-refractivity contribution is -0.125. The fourth-order valence-corrected chi connectivity index (χ4v) is 5.89. The predicted octanol–water partition coefficient (Wildman–Crippen LogP) is 4.74. The summed E-state index contributed by atoms with van der Waals surface area (Å²) in [4.78, 5) is 20.0. The molecule has 9 heteroatoms. The highest BCUT2D eigenvalue weighted by Crippen LogP contribution is 2.43. The van der Waals surface area contributed by atoms with Crippen LogP contribution >= 0.6 is 0 Å². The van der Waals surface area contributed by atoms with Gasteiger partial charge in [-0.2, -0.15) is 15.5 Å². The van der Waals surface area contributed by atoms with Gasteiger partial charge in [-0.05, 0) is 56.7 Å². The zero-order valence-corrected chi connectivity index (χ0v) is 23.2. The fraction of sp³-hybridized carbons (Fsp3) is 0.387. The van der Waals surface area contributed by atoms with E-state index in [2.05, 4.69) is 58.2 Å². The number of aromatic nitrogens is 5. The maximum Gasteiger partial charge on any atom is 0.227 e. The first-order chi connectivity index (χ1) is 19.3. The van der Waals surface area contributed by atoms with E-state index in [0.29, 0.717) is 17.5 Å². The van der Waals surface area contributed by atoms with Gasteiger partial charge in [-0.3, -0.25) is 9.48 Å². The van der Waals surface area contributed by atoms with E-state index in [1.165, 1.54) is 12.8 Å². The lowest BCUT2D eigenvalue weighted by Gasteiger charge is -2.46. The van der Waals surface area contributed by atoms with Gasteiger partial charge in [0.15, 0.2) is 0 Å². The molecule has 204 valence electrons. The summed E-state index contributed by atoms with van der Waals surface area (Å²) in [5, 5.41) is 21.8. The van der Waals surface area contributed by atoms with E-state index >= 15 is 0 Å². The van der Waals surface area contributed by atoms with Gasteiger partial charge in [0.1, 0.15) is 11.9 Å². The molecule has 6 rings (SSSR count). The summed E-state index contributed by atoms with van der Waals surface area (Å²) in [5.74, 6) is 1.40. The molecule has 0 bridgehead atoms. The van der Waals surface area contributed by atoms with Crippen molar-refractivity contribution in [3.63, 3.8) is 0 Å². The van der Waals surface area contributed by atoms with Crippen molar-refractivity contribution in [3.05, 3.63) is 67.4 Å². The minimum Gasteiger partial charge on any atom is -0.353 e. The lowest BCUT2D eigenvalue weighted by atomic mass is 9.82. The number of hydrogen-bond donors (Lipinski definition) is 1. The highest BCUT2D eigenvalue weighted by Gasteiger charge is 2.44. The maximum absolute atomic E-state index is 12.7. The number of hydrogen-bond acceptors (Lipinski definition) is 6. The molecule has 9 nitrogen and oxygen atoms in total. The molecule has 1 saturated carbocycles. The second-order valence-corrected chi connectivity index (χ2v) is 11.5. The average Bonchev–Trinajstić information content (AvgIpc) is 3.59. The molecule has 3 atom stereocenters. The largest absolute Gasteiger partial charge is 0.353 e. The fourth-order valence-electron chi connectivity index (χ4n) is 5.89. The molecule has 0 aromatic carbocycles. The van der Waals surface area contributed by atoms with Gasteiger partial charge < -0.3 is 10.2 Å². The molecule has 3 unspecified atom stereocenters. The third-order valence-electron chi connectivity index (χ3n) is 8.45. The van der Waals surface area contributed by atoms with Gasteiger partial charge in [-0.1, -0.05) is 13.0 Å². The molecule has 2 fully saturated rings. The number of piperidine rings is 1. The van der Waals surface area contributed by atoms with Crippen LogP contribution in [0.15, 0.2) is 61.8 Å². The van der Waals surface area contributed by atoms with Crippen LogP contribution in [0.4, 0.5) is 5.82 Å². The van der Waals surface area contributed by atoms with Crippen molar-refractivity contribution < 1.29 is 4.79 Å². The van der Waals surface area contributed by atoms with Crippen LogP contribution in [0.5, 0.6) is 0 Å². The Balaban J connectivity index is 1.31. The van der Waals surface area contributed by atoms with Crippen molar-refractivity contribution in [2.45, 2.75) is 51.1 Å². The summed E-state index contributed by atoms with van der Waals surface area (Å²) < 4.78 is 3.53. The summed E-state index contributed by atoms with van der Waals surface area (Å²) in [5.41, 5.74) is 4.80. The number of rotatable bonds is 7. The van der Waals surface area contributed by atoms with Crippen LogP contribution in [-0.2, 0) is 11.8 Å². The van der Waals surface area contributed by atoms with Gasteiger partial charge in [-0.25, -0.2) is 9.50 Å². The lowest BCUT2D eigenvalue weighted by Crippen LogP contribution is -2.58. The molecule has 0 radical (unpaired) electrons. The van der Waals surface area contributed by atoms with Crippen LogP contribution in [0.2, 0.25) is 0 Å². The van der Waals surface area contributed by atoms with E-state index in [1.807, 2.05) is 38.8 Å². The Bertz CT molecular complexity index is 1620. The van der Waals surface area contributed by atoms with Gasteiger partial charge in [-0.15, -0.1) is 6.58 Å². The highest BCUT2D eigenvalue weighted by atomic mass is 16.2. The first-order valence-corrected chi connectivity index (χ1v) is 13.9. The zero-order valence-electron chi connectivity index (χ0n) is 23.2. The maximum atomic E-state index is 12.7. The Morgan fingerprint density at radius 3 is 2.67 bits per heavy atom. The second kappa shape index (κ2) is 9.94. The average molecular weight is 535 g/mol. The molecule has 2 aliphatic rings. The van der Waals surface area contributed by atoms with Gasteiger partial charge in [0, 0.05) is 66.0 Å². The van der Waals surface area contributed by atoms with Crippen molar-refractivity contribution in [1.29, 1.82) is 5.26 Å². The smallest absolute Gasteiger partial charge is 0.227 e. The Kier molecular flexibility index (Phi) is 6.41. The Hall–Kier alpha value is -4.45. The molecule has 1 N–H and O–H groups in total. The monoisotopic (exact) mass is 534 g/mol. The second-order valence-electron chi connectivity index (χ2n) is 11.5. The van der Waals surface area contributed by atoms with Crippen molar-refractivity contribution in [2.75, 3.05) is 11.4 Å². The quantitative estimate of drug-likeness (QED) is 0.343. The van der Waals surface area contributed by atoms with E-state index in [-0.39, 0.29) is 17.4 Å². The summed E-state index contributed by atoms with van der Waals surface area (Å²) in [6.07, 6.45) is 15.1. The Morgan fingerprint density at radius 1 is 1.20 bits per heavy atom. The first kappa shape index (κ1) is 25.8. The van der Waals surface area contributed by atoms with E-state index in [4.69, 9.17) is 4.98 Å². The van der Waals surface area contributed by atoms with Crippen LogP contribution in [0, 0.1) is 23.2 Å². The van der Waals surface area contributed by atoms with Crippen molar-refractivity contribution in [3.8, 4) is 28.3 Å². The predicted molar refractivity (Wildman–Crippen MR) is 154 cm³/mol. The number of amides is 1. The van der Waals surface area contributed by atoms with Crippen molar-refractivity contribution in [1.82, 2.24) is 29.7 Å². The van der Waals surface area contributed by atoms with Gasteiger partial charge >= 0.3 is 0 Å². The number of carbonyl (C=O) groups excluding carboxylic acids is 1. The molecule has 1 aliphatic heterocycles. The van der Waals surface area contributed by atoms with E-state index in [9.17, 15) is 10.1 Å². The van der Waals surface area contributed by atoms with Crippen molar-refractivity contribution in [2.24, 2.45) is 18.9 Å². The van der Waals surface area contributed by atoms with Crippen molar-refractivity contribution >= 4 is 17.2 Å². The molecular weight excluding hydrogens is 500 g/mol. The molecule has 4 aromatic heterocycles. The zero-order chi connectivity index (χ0) is 28.0. The van der Waals surface area contributed by atoms with E-state index < -0.39 is 0 Å². The molecule has 5 heterocycles. The summed E-state index contributed by atoms with van der Waals surface area (Å²) >= 11 is 0. The Labute approximate surface area is 234 Å². The standard InChI is InChI=1S/C31H34N8O/c1-5-20(2)30(40)36-31(3)10-11-38(27(13-31)21-6-7-21)28-9-8-22(15-33-28)26-12-23(25-17-34-37(4)18-25)19-39-29(26)24(14-32)16-35-39/h5,8-9,12,15-21,27H,1,6-7,10-11,13H2,2-4H3,(H,36,40). The molecule has 0 spiro atoms. The number of anilines is 1. The SMILES string of the molecule is C=CC(C)C(=O)NC1(C)CCN(c2ccc(-c3cc(-c4cnn(C)c4)cn4ncc(C#N)c34)cn2)C(C2CC2)C1. The Morgan fingerprint density at radius 2 is 2.02 bits per heavy atom. The third kappa shape index (κ3) is 4.75. The first-order valence-electron chi connectivity index (χ1n) is 13.9. The number of fused-ring (bicyclic) bond motifs is 1. The number of nitrogens with zero attached hydrogens (tertiary/aromatic N) is 7. The molecule has 40 heavy (non-hydrogen) atoms. The van der Waals surface area contributed by atoms with Crippen LogP contribution in [0.1, 0.15) is 45.1 Å². The molecule has 1 aliphatic carbocycles. The number of aryl methyl sites for hydroxylation is 1. The van der Waals surface area contributed by atoms with Gasteiger partial charge in [0.2, 0.25) is 5.91 Å². The van der Waals surface area contributed by atoms with Crippen LogP contribution in [-0.4, -0.2) is 48.4 Å². The molecule has 1 saturated heterocycles. The third-order valence-corrected chi connectivity index (χ3v) is 8.45. The van der Waals surface area contributed by atoms with Gasteiger partial charge in [0.05, 0.1) is 29.4 Å². The summed E-state index contributed by atoms with van der Waals surface area (Å²) in [7, 11) is 1.89. The summed E-state index contributed by atoms with van der Waals surface area (Å²) in [6, 6.07) is 8.86. The molecule has 1 amide bonds. The highest BCUT2D eigenvalue weighted by molar-refractivity contribution is 5.87. The normalized spacial score (nSPS) is 21.6. The van der Waals surface area contributed by atoms with Crippen LogP contribution in [0.3, 0.4) is 0 Å². The molecular formula is C31H34N8O. The van der Waals surface area contributed by atoms with Crippen LogP contribution in [0.25, 0.3) is 27.8 Å². The number of nitrogens with one attached hydrogen (secondary N) is 1. The van der Waals surface area contributed by atoms with Crippen LogP contribution < -0.4 is 10.2 Å². The topological polar surface area (TPSA) is 104 Å². The molecule has 4 aromatic rings. The number of nitriles is 1. The minimum absolute atomic E-state index is 0.0411. The number of pyridine rings is 2.